The first kappa shape index (κ1) is 22.2. The highest BCUT2D eigenvalue weighted by Gasteiger charge is 2.26. The molecule has 152 valence electrons. The second-order valence-corrected chi connectivity index (χ2v) is 7.06. The van der Waals surface area contributed by atoms with Gasteiger partial charge in [0.1, 0.15) is 5.75 Å². The van der Waals surface area contributed by atoms with Gasteiger partial charge in [0.15, 0.2) is 5.96 Å². The lowest BCUT2D eigenvalue weighted by atomic mass is 10.0. The molecule has 2 saturated heterocycles. The molecule has 2 N–H and O–H groups in total. The number of rotatable bonds is 7. The van der Waals surface area contributed by atoms with Gasteiger partial charge in [0.25, 0.3) is 0 Å². The number of para-hydroxylation sites is 1. The molecule has 1 aromatic carbocycles. The van der Waals surface area contributed by atoms with Crippen molar-refractivity contribution in [3.63, 3.8) is 0 Å². The van der Waals surface area contributed by atoms with Gasteiger partial charge in [-0.15, -0.1) is 24.0 Å². The molecule has 0 saturated carbocycles. The number of nitrogens with zero attached hydrogens (tertiary/aromatic N) is 2. The van der Waals surface area contributed by atoms with Crippen molar-refractivity contribution in [2.24, 2.45) is 10.9 Å². The number of methoxy groups -OCH3 is 1. The lowest BCUT2D eigenvalue weighted by Gasteiger charge is -2.30. The van der Waals surface area contributed by atoms with E-state index in [0.29, 0.717) is 5.92 Å². The van der Waals surface area contributed by atoms with Crippen LogP contribution in [0.2, 0.25) is 0 Å². The van der Waals surface area contributed by atoms with Gasteiger partial charge in [0.05, 0.1) is 19.8 Å². The van der Waals surface area contributed by atoms with E-state index < -0.39 is 0 Å². The molecule has 0 amide bonds. The molecule has 2 heterocycles. The number of aliphatic imine (C=N–C) groups is 1. The summed E-state index contributed by atoms with van der Waals surface area (Å²) in [5.41, 5.74) is 1.24. The van der Waals surface area contributed by atoms with Crippen molar-refractivity contribution in [1.29, 1.82) is 0 Å². The normalized spacial score (nSPS) is 21.6. The van der Waals surface area contributed by atoms with E-state index in [9.17, 15) is 0 Å². The fourth-order valence-electron chi connectivity index (χ4n) is 3.83. The molecule has 2 fully saturated rings. The average molecular weight is 488 g/mol. The molecule has 7 heteroatoms. The van der Waals surface area contributed by atoms with Crippen molar-refractivity contribution >= 4 is 29.9 Å². The van der Waals surface area contributed by atoms with Crippen LogP contribution in [0.1, 0.15) is 30.9 Å². The van der Waals surface area contributed by atoms with Gasteiger partial charge in [-0.1, -0.05) is 18.2 Å². The van der Waals surface area contributed by atoms with Gasteiger partial charge in [-0.3, -0.25) is 9.89 Å². The van der Waals surface area contributed by atoms with Crippen molar-refractivity contribution in [1.82, 2.24) is 15.5 Å². The van der Waals surface area contributed by atoms with Crippen molar-refractivity contribution in [2.75, 3.05) is 53.6 Å². The van der Waals surface area contributed by atoms with Crippen molar-refractivity contribution in [2.45, 2.75) is 25.3 Å². The number of halogens is 1. The Labute approximate surface area is 180 Å². The van der Waals surface area contributed by atoms with E-state index in [1.54, 1.807) is 7.11 Å². The maximum atomic E-state index is 5.62. The lowest BCUT2D eigenvalue weighted by Crippen LogP contribution is -2.44. The topological polar surface area (TPSA) is 58.1 Å². The third-order valence-electron chi connectivity index (χ3n) is 5.35. The highest BCUT2D eigenvalue weighted by atomic mass is 127. The molecule has 2 atom stereocenters. The van der Waals surface area contributed by atoms with Crippen molar-refractivity contribution in [3.8, 4) is 5.75 Å². The molecule has 2 aliphatic rings. The molecular weight excluding hydrogens is 455 g/mol. The largest absolute Gasteiger partial charge is 0.496 e. The number of benzene rings is 1. The maximum Gasteiger partial charge on any atom is 0.191 e. The first-order valence-electron chi connectivity index (χ1n) is 9.71. The molecular formula is C20H33IN4O2. The third-order valence-corrected chi connectivity index (χ3v) is 5.35. The van der Waals surface area contributed by atoms with Crippen LogP contribution < -0.4 is 15.4 Å². The Morgan fingerprint density at radius 3 is 2.74 bits per heavy atom. The van der Waals surface area contributed by atoms with E-state index in [4.69, 9.17) is 9.47 Å². The third kappa shape index (κ3) is 6.22. The molecule has 0 spiro atoms. The smallest absolute Gasteiger partial charge is 0.191 e. The highest BCUT2D eigenvalue weighted by molar-refractivity contribution is 14.0. The second kappa shape index (κ2) is 11.7. The van der Waals surface area contributed by atoms with Gasteiger partial charge < -0.3 is 20.1 Å². The van der Waals surface area contributed by atoms with Crippen molar-refractivity contribution < 1.29 is 9.47 Å². The van der Waals surface area contributed by atoms with E-state index in [2.05, 4.69) is 32.7 Å². The average Bonchev–Trinajstić information content (AvgIpc) is 3.39. The number of guanidine groups is 1. The van der Waals surface area contributed by atoms with Crippen LogP contribution in [0.4, 0.5) is 0 Å². The minimum atomic E-state index is 0. The van der Waals surface area contributed by atoms with Crippen LogP contribution >= 0.6 is 24.0 Å². The minimum Gasteiger partial charge on any atom is -0.496 e. The first-order valence-corrected chi connectivity index (χ1v) is 9.71. The van der Waals surface area contributed by atoms with Gasteiger partial charge in [0, 0.05) is 38.2 Å². The van der Waals surface area contributed by atoms with Crippen LogP contribution in [0.15, 0.2) is 29.3 Å². The Bertz CT molecular complexity index is 587. The van der Waals surface area contributed by atoms with Gasteiger partial charge in [-0.05, 0) is 38.4 Å². The summed E-state index contributed by atoms with van der Waals surface area (Å²) in [6.45, 7) is 5.71. The van der Waals surface area contributed by atoms with E-state index >= 15 is 0 Å². The molecule has 6 nitrogen and oxygen atoms in total. The summed E-state index contributed by atoms with van der Waals surface area (Å²) >= 11 is 0. The quantitative estimate of drug-likeness (QED) is 0.351. The number of hydrogen-bond acceptors (Lipinski definition) is 4. The maximum absolute atomic E-state index is 5.62. The Hall–Kier alpha value is -1.06. The fourth-order valence-corrected chi connectivity index (χ4v) is 3.83. The number of likely N-dealkylation sites (tertiary alicyclic amines) is 1. The molecule has 27 heavy (non-hydrogen) atoms. The molecule has 0 aromatic heterocycles. The van der Waals surface area contributed by atoms with Crippen LogP contribution in [0.5, 0.6) is 5.75 Å². The van der Waals surface area contributed by atoms with E-state index in [-0.39, 0.29) is 30.0 Å². The molecule has 0 radical (unpaired) electrons. The molecule has 3 rings (SSSR count). The van der Waals surface area contributed by atoms with Crippen molar-refractivity contribution in [3.05, 3.63) is 29.8 Å². The summed E-state index contributed by atoms with van der Waals surface area (Å²) in [5, 5.41) is 6.97. The van der Waals surface area contributed by atoms with Crippen LogP contribution in [0.25, 0.3) is 0 Å². The zero-order valence-electron chi connectivity index (χ0n) is 16.4. The summed E-state index contributed by atoms with van der Waals surface area (Å²) in [4.78, 5) is 6.93. The zero-order chi connectivity index (χ0) is 18.2. The van der Waals surface area contributed by atoms with Crippen LogP contribution in [-0.4, -0.2) is 64.4 Å². The summed E-state index contributed by atoms with van der Waals surface area (Å²) in [7, 11) is 3.58. The Kier molecular flexibility index (Phi) is 9.64. The standard InChI is InChI=1S/C20H32N4O2.HI/c1-21-20(22-13-16-9-12-26-15-16)23-14-18(24-10-5-6-11-24)17-7-3-4-8-19(17)25-2;/h3-4,7-8,16,18H,5-6,9-15H2,1-2H3,(H2,21,22,23);1H. The van der Waals surface area contributed by atoms with E-state index in [1.165, 1.54) is 18.4 Å². The predicted molar refractivity (Wildman–Crippen MR) is 120 cm³/mol. The molecule has 1 aromatic rings. The molecule has 2 aliphatic heterocycles. The van der Waals surface area contributed by atoms with E-state index in [1.807, 2.05) is 19.2 Å². The van der Waals surface area contributed by atoms with Crippen LogP contribution in [0, 0.1) is 5.92 Å². The Morgan fingerprint density at radius 1 is 1.30 bits per heavy atom. The number of ether oxygens (including phenoxy) is 2. The first-order chi connectivity index (χ1) is 12.8. The second-order valence-electron chi connectivity index (χ2n) is 7.06. The number of nitrogens with one attached hydrogen (secondary N) is 2. The monoisotopic (exact) mass is 488 g/mol. The molecule has 2 unspecified atom stereocenters. The Morgan fingerprint density at radius 2 is 2.07 bits per heavy atom. The fraction of sp³-hybridized carbons (Fsp3) is 0.650. The summed E-state index contributed by atoms with van der Waals surface area (Å²) < 4.78 is 11.1. The summed E-state index contributed by atoms with van der Waals surface area (Å²) in [5.74, 6) is 2.39. The summed E-state index contributed by atoms with van der Waals surface area (Å²) in [6, 6.07) is 8.62. The Balaban J connectivity index is 0.00000261. The van der Waals surface area contributed by atoms with Crippen LogP contribution in [-0.2, 0) is 4.74 Å². The number of hydrogen-bond donors (Lipinski definition) is 2. The highest BCUT2D eigenvalue weighted by Crippen LogP contribution is 2.31. The SMILES string of the molecule is CN=C(NCC1CCOC1)NCC(c1ccccc1OC)N1CCCC1.I. The molecule has 0 bridgehead atoms. The predicted octanol–water partition coefficient (Wildman–Crippen LogP) is 2.65. The van der Waals surface area contributed by atoms with E-state index in [0.717, 1.165) is 57.5 Å². The molecule has 0 aliphatic carbocycles. The van der Waals surface area contributed by atoms with Crippen LogP contribution in [0.3, 0.4) is 0 Å². The van der Waals surface area contributed by atoms with Gasteiger partial charge >= 0.3 is 0 Å². The lowest BCUT2D eigenvalue weighted by molar-refractivity contribution is 0.186. The van der Waals surface area contributed by atoms with Gasteiger partial charge in [-0.2, -0.15) is 0 Å². The minimum absolute atomic E-state index is 0. The van der Waals surface area contributed by atoms with Gasteiger partial charge in [-0.25, -0.2) is 0 Å². The van der Waals surface area contributed by atoms with Gasteiger partial charge in [0.2, 0.25) is 0 Å². The summed E-state index contributed by atoms with van der Waals surface area (Å²) in [6.07, 6.45) is 3.65. The zero-order valence-corrected chi connectivity index (χ0v) is 18.8.